The van der Waals surface area contributed by atoms with Crippen LogP contribution in [0.1, 0.15) is 20.8 Å². The van der Waals surface area contributed by atoms with E-state index in [9.17, 15) is 14.4 Å². The van der Waals surface area contributed by atoms with Crippen molar-refractivity contribution in [2.24, 2.45) is 0 Å². The number of carbonyl (C=O) groups excluding carboxylic acids is 3. The molecule has 14 heteroatoms. The third-order valence-electron chi connectivity index (χ3n) is 4.11. The van der Waals surface area contributed by atoms with Crippen LogP contribution in [-0.2, 0) is 4.74 Å². The number of carbonyl (C=O) groups is 3. The van der Waals surface area contributed by atoms with Gasteiger partial charge in [0, 0.05) is 28.3 Å². The molecule has 0 radical (unpaired) electrons. The summed E-state index contributed by atoms with van der Waals surface area (Å²) in [4.78, 5) is 41.9. The van der Waals surface area contributed by atoms with Crippen molar-refractivity contribution >= 4 is 83.0 Å². The molecule has 1 aromatic carbocycles. The number of pyridine rings is 1. The number of hydrazine groups is 1. The lowest BCUT2D eigenvalue weighted by Crippen LogP contribution is -2.43. The number of anilines is 1. The fourth-order valence-corrected chi connectivity index (χ4v) is 4.56. The molecule has 2 heterocycles. The Balaban J connectivity index is 1.98. The van der Waals surface area contributed by atoms with Crippen molar-refractivity contribution in [3.05, 3.63) is 66.4 Å². The Labute approximate surface area is 218 Å². The smallest absolute Gasteiger partial charge is 0.428 e. The summed E-state index contributed by atoms with van der Waals surface area (Å²) in [7, 11) is 2.50. The number of nitrogens with zero attached hydrogens (tertiary/aromatic N) is 4. The first-order valence-corrected chi connectivity index (χ1v) is 11.7. The van der Waals surface area contributed by atoms with Crippen molar-refractivity contribution in [2.45, 2.75) is 0 Å². The number of halogens is 4. The lowest BCUT2D eigenvalue weighted by molar-refractivity contribution is 0.0767. The summed E-state index contributed by atoms with van der Waals surface area (Å²) < 4.78 is 7.20. The maximum Gasteiger partial charge on any atom is 0.428 e. The van der Waals surface area contributed by atoms with E-state index < -0.39 is 17.9 Å². The van der Waals surface area contributed by atoms with Crippen molar-refractivity contribution < 1.29 is 19.1 Å². The van der Waals surface area contributed by atoms with Gasteiger partial charge in [-0.2, -0.15) is 5.10 Å². The monoisotopic (exact) mass is 662 g/mol. The van der Waals surface area contributed by atoms with Crippen LogP contribution < -0.4 is 10.7 Å². The fourth-order valence-electron chi connectivity index (χ4n) is 2.66. The van der Waals surface area contributed by atoms with Gasteiger partial charge in [0.1, 0.15) is 10.3 Å². The van der Waals surface area contributed by atoms with E-state index in [0.717, 1.165) is 5.01 Å². The maximum absolute atomic E-state index is 13.2. The van der Waals surface area contributed by atoms with E-state index in [0.29, 0.717) is 13.5 Å². The molecule has 0 spiro atoms. The third kappa shape index (κ3) is 5.72. The number of rotatable bonds is 4. The first-order valence-electron chi connectivity index (χ1n) is 8.92. The SMILES string of the molecule is COC(=O)N(C)NC(=O)c1cc(Br)cc(Br)c1NC(=O)c1cc(Br)nn1-c1ncccc1Cl. The number of hydrogen-bond donors (Lipinski definition) is 2. The molecule has 0 saturated carbocycles. The van der Waals surface area contributed by atoms with Crippen LogP contribution in [0.25, 0.3) is 5.82 Å². The predicted octanol–water partition coefficient (Wildman–Crippen LogP) is 4.80. The average molecular weight is 666 g/mol. The minimum atomic E-state index is -0.774. The minimum Gasteiger partial charge on any atom is -0.452 e. The van der Waals surface area contributed by atoms with Gasteiger partial charge in [-0.05, 0) is 56.1 Å². The van der Waals surface area contributed by atoms with E-state index in [1.807, 2.05) is 0 Å². The third-order valence-corrected chi connectivity index (χ3v) is 5.87. The summed E-state index contributed by atoms with van der Waals surface area (Å²) in [5.74, 6) is -1.00. The van der Waals surface area contributed by atoms with Crippen molar-refractivity contribution in [2.75, 3.05) is 19.5 Å². The molecule has 0 bridgehead atoms. The van der Waals surface area contributed by atoms with Crippen molar-refractivity contribution in [3.63, 3.8) is 0 Å². The Morgan fingerprint density at radius 1 is 1.15 bits per heavy atom. The molecule has 10 nitrogen and oxygen atoms in total. The van der Waals surface area contributed by atoms with Crippen LogP contribution in [0, 0.1) is 0 Å². The van der Waals surface area contributed by atoms with Crippen LogP contribution >= 0.6 is 59.4 Å². The normalized spacial score (nSPS) is 10.5. The molecule has 3 amide bonds. The van der Waals surface area contributed by atoms with Gasteiger partial charge in [-0.25, -0.2) is 19.5 Å². The van der Waals surface area contributed by atoms with Gasteiger partial charge in [0.05, 0.1) is 23.4 Å². The standard InChI is InChI=1S/C19H14Br3ClN6O4/c1-28(19(32)33-2)27-17(30)10-6-9(20)7-11(21)15(10)25-18(31)13-8-14(22)26-29(13)16-12(23)4-3-5-24-16/h3-8H,1-2H3,(H,25,31)(H,27,30). The van der Waals surface area contributed by atoms with E-state index in [1.54, 1.807) is 18.2 Å². The zero-order chi connectivity index (χ0) is 24.3. The molecule has 3 rings (SSSR count). The van der Waals surface area contributed by atoms with Gasteiger partial charge < -0.3 is 10.1 Å². The van der Waals surface area contributed by atoms with E-state index in [2.05, 4.69) is 73.4 Å². The van der Waals surface area contributed by atoms with Crippen LogP contribution in [0.2, 0.25) is 5.02 Å². The first-order chi connectivity index (χ1) is 15.6. The molecule has 0 aliphatic carbocycles. The van der Waals surface area contributed by atoms with Gasteiger partial charge in [0.2, 0.25) is 0 Å². The molecule has 3 aromatic rings. The highest BCUT2D eigenvalue weighted by Gasteiger charge is 2.24. The summed E-state index contributed by atoms with van der Waals surface area (Å²) in [6, 6.07) is 7.90. The quantitative estimate of drug-likeness (QED) is 0.387. The molecule has 0 saturated heterocycles. The van der Waals surface area contributed by atoms with Crippen LogP contribution in [-0.4, -0.2) is 51.8 Å². The molecule has 0 aliphatic heterocycles. The summed E-state index contributed by atoms with van der Waals surface area (Å²) in [6.07, 6.45) is 0.744. The second-order valence-corrected chi connectivity index (χ2v) is 9.30. The maximum atomic E-state index is 13.2. The summed E-state index contributed by atoms with van der Waals surface area (Å²) in [5.41, 5.74) is 2.72. The lowest BCUT2D eigenvalue weighted by atomic mass is 10.1. The Morgan fingerprint density at radius 2 is 1.88 bits per heavy atom. The summed E-state index contributed by atoms with van der Waals surface area (Å²) in [5, 5.41) is 8.11. The number of ether oxygens (including phenoxy) is 1. The predicted molar refractivity (Wildman–Crippen MR) is 131 cm³/mol. The fraction of sp³-hybridized carbons (Fsp3) is 0.105. The lowest BCUT2D eigenvalue weighted by Gasteiger charge is -2.19. The van der Waals surface area contributed by atoms with E-state index in [4.69, 9.17) is 11.6 Å². The topological polar surface area (TPSA) is 118 Å². The van der Waals surface area contributed by atoms with Crippen molar-refractivity contribution in [1.29, 1.82) is 0 Å². The molecule has 0 fully saturated rings. The first kappa shape index (κ1) is 25.1. The Morgan fingerprint density at radius 3 is 2.55 bits per heavy atom. The highest BCUT2D eigenvalue weighted by molar-refractivity contribution is 9.11. The van der Waals surface area contributed by atoms with Gasteiger partial charge in [0.25, 0.3) is 11.8 Å². The van der Waals surface area contributed by atoms with Gasteiger partial charge >= 0.3 is 6.09 Å². The molecule has 2 N–H and O–H groups in total. The van der Waals surface area contributed by atoms with E-state index in [-0.39, 0.29) is 27.8 Å². The van der Waals surface area contributed by atoms with Crippen molar-refractivity contribution in [1.82, 2.24) is 25.2 Å². The molecule has 33 heavy (non-hydrogen) atoms. The molecular formula is C19H14Br3ClN6O4. The van der Waals surface area contributed by atoms with Gasteiger partial charge in [0.15, 0.2) is 5.82 Å². The number of hydrogen-bond acceptors (Lipinski definition) is 6. The molecular weight excluding hydrogens is 651 g/mol. The number of amides is 3. The number of nitrogens with one attached hydrogen (secondary N) is 2. The molecule has 0 unspecified atom stereocenters. The molecule has 0 aliphatic rings. The van der Waals surface area contributed by atoms with Crippen LogP contribution in [0.15, 0.2) is 50.1 Å². The Bertz CT molecular complexity index is 1250. The summed E-state index contributed by atoms with van der Waals surface area (Å²) in [6.45, 7) is 0. The molecule has 0 atom stereocenters. The largest absolute Gasteiger partial charge is 0.452 e. The van der Waals surface area contributed by atoms with Crippen LogP contribution in [0.4, 0.5) is 10.5 Å². The zero-order valence-electron chi connectivity index (χ0n) is 16.9. The van der Waals surface area contributed by atoms with Crippen LogP contribution in [0.3, 0.4) is 0 Å². The number of benzene rings is 1. The minimum absolute atomic E-state index is 0.0707. The van der Waals surface area contributed by atoms with Crippen LogP contribution in [0.5, 0.6) is 0 Å². The summed E-state index contributed by atoms with van der Waals surface area (Å²) >= 11 is 16.2. The van der Waals surface area contributed by atoms with Crippen molar-refractivity contribution in [3.8, 4) is 5.82 Å². The van der Waals surface area contributed by atoms with Gasteiger partial charge in [-0.3, -0.25) is 15.0 Å². The number of aromatic nitrogens is 3. The van der Waals surface area contributed by atoms with E-state index >= 15 is 0 Å². The second-order valence-electron chi connectivity index (χ2n) is 6.31. The zero-order valence-corrected chi connectivity index (χ0v) is 22.4. The highest BCUT2D eigenvalue weighted by atomic mass is 79.9. The van der Waals surface area contributed by atoms with E-state index in [1.165, 1.54) is 37.2 Å². The number of methoxy groups -OCH3 is 1. The average Bonchev–Trinajstić information content (AvgIpc) is 3.16. The second kappa shape index (κ2) is 10.6. The Hall–Kier alpha value is -2.48. The van der Waals surface area contributed by atoms with Gasteiger partial charge in [-0.1, -0.05) is 27.5 Å². The van der Waals surface area contributed by atoms with Gasteiger partial charge in [-0.15, -0.1) is 0 Å². The molecule has 172 valence electrons. The highest BCUT2D eigenvalue weighted by Crippen LogP contribution is 2.32. The molecule has 2 aromatic heterocycles. The Kier molecular flexibility index (Phi) is 8.10.